The lowest BCUT2D eigenvalue weighted by Crippen LogP contribution is -2.11. The number of halogens is 3. The maximum absolute atomic E-state index is 12.5. The highest BCUT2D eigenvalue weighted by Gasteiger charge is 2.18. The molecule has 0 bridgehead atoms. The Hall–Kier alpha value is -0.810. The van der Waals surface area contributed by atoms with Gasteiger partial charge in [-0.2, -0.15) is 0 Å². The van der Waals surface area contributed by atoms with Crippen LogP contribution in [0.5, 0.6) is 0 Å². The van der Waals surface area contributed by atoms with Gasteiger partial charge in [0.25, 0.3) is 0 Å². The van der Waals surface area contributed by atoms with Crippen LogP contribution in [0.25, 0.3) is 10.9 Å². The topological polar surface area (TPSA) is 22.0 Å². The van der Waals surface area contributed by atoms with Crippen molar-refractivity contribution in [2.45, 2.75) is 13.5 Å². The molecular weight excluding hydrogens is 393 g/mol. The first-order valence-corrected chi connectivity index (χ1v) is 8.57. The van der Waals surface area contributed by atoms with Crippen LogP contribution in [-0.4, -0.2) is 10.4 Å². The first-order valence-electron chi connectivity index (χ1n) is 6.20. The van der Waals surface area contributed by atoms with E-state index in [-0.39, 0.29) is 12.3 Å². The second-order valence-electron chi connectivity index (χ2n) is 4.66. The number of fused-ring (bicyclic) bond motifs is 1. The predicted octanol–water partition coefficient (Wildman–Crippen LogP) is 5.96. The largest absolute Gasteiger partial charge is 0.336 e. The molecule has 0 spiro atoms. The van der Waals surface area contributed by atoms with E-state index in [0.29, 0.717) is 14.2 Å². The van der Waals surface area contributed by atoms with Crippen LogP contribution >= 0.6 is 50.5 Å². The highest BCUT2D eigenvalue weighted by atomic mass is 79.9. The summed E-state index contributed by atoms with van der Waals surface area (Å²) in [6, 6.07) is 9.61. The zero-order valence-corrected chi connectivity index (χ0v) is 14.9. The third-order valence-corrected chi connectivity index (χ3v) is 5.90. The summed E-state index contributed by atoms with van der Waals surface area (Å²) in [5.74, 6) is -0.0421. The predicted molar refractivity (Wildman–Crippen MR) is 93.0 cm³/mol. The third-order valence-electron chi connectivity index (χ3n) is 3.41. The molecule has 0 amide bonds. The van der Waals surface area contributed by atoms with Gasteiger partial charge in [-0.15, -0.1) is 11.3 Å². The number of para-hydroxylation sites is 1. The Kier molecular flexibility index (Phi) is 4.14. The van der Waals surface area contributed by atoms with Crippen molar-refractivity contribution < 1.29 is 4.79 Å². The van der Waals surface area contributed by atoms with E-state index in [9.17, 15) is 4.79 Å². The van der Waals surface area contributed by atoms with Gasteiger partial charge in [0.1, 0.15) is 4.34 Å². The summed E-state index contributed by atoms with van der Waals surface area (Å²) in [6.45, 7) is 2.23. The quantitative estimate of drug-likeness (QED) is 0.495. The lowest BCUT2D eigenvalue weighted by atomic mass is 10.2. The Morgan fingerprint density at radius 1 is 1.33 bits per heavy atom. The normalized spacial score (nSPS) is 11.2. The molecule has 2 heterocycles. The minimum absolute atomic E-state index is 0.0421. The Bertz CT molecular complexity index is 853. The van der Waals surface area contributed by atoms with Crippen molar-refractivity contribution >= 4 is 67.2 Å². The minimum atomic E-state index is -0.0421. The number of carbonyl (C=O) groups excluding carboxylic acids is 1. The number of carbonyl (C=O) groups is 1. The molecule has 0 atom stereocenters. The highest BCUT2D eigenvalue weighted by molar-refractivity contribution is 9.10. The van der Waals surface area contributed by atoms with Crippen molar-refractivity contribution in [2.24, 2.45) is 0 Å². The molecular formula is C15H10BrCl2NOS. The number of benzene rings is 1. The Morgan fingerprint density at radius 2 is 2.05 bits per heavy atom. The molecule has 0 saturated heterocycles. The van der Waals surface area contributed by atoms with E-state index in [0.717, 1.165) is 21.1 Å². The van der Waals surface area contributed by atoms with Gasteiger partial charge in [0.2, 0.25) is 0 Å². The van der Waals surface area contributed by atoms with E-state index in [4.69, 9.17) is 23.2 Å². The Morgan fingerprint density at radius 3 is 2.71 bits per heavy atom. The summed E-state index contributed by atoms with van der Waals surface area (Å²) in [5, 5.41) is 1.09. The molecule has 2 nitrogen and oxygen atoms in total. The molecule has 6 heteroatoms. The fourth-order valence-electron chi connectivity index (χ4n) is 2.35. The lowest BCUT2D eigenvalue weighted by Gasteiger charge is -2.07. The van der Waals surface area contributed by atoms with Crippen molar-refractivity contribution in [3.05, 3.63) is 54.7 Å². The van der Waals surface area contributed by atoms with Gasteiger partial charge in [-0.05, 0) is 35.0 Å². The summed E-state index contributed by atoms with van der Waals surface area (Å²) >= 11 is 16.8. The lowest BCUT2D eigenvalue weighted by molar-refractivity contribution is 0.0973. The first-order chi connectivity index (χ1) is 9.99. The molecule has 0 radical (unpaired) electrons. The number of Topliss-reactive ketones (excluding diaryl/α,β-unsaturated/α-hetero) is 1. The average molecular weight is 403 g/mol. The number of thiophene rings is 1. The molecule has 0 N–H and O–H groups in total. The van der Waals surface area contributed by atoms with Crippen LogP contribution < -0.4 is 0 Å². The molecule has 0 aliphatic heterocycles. The second kappa shape index (κ2) is 5.76. The van der Waals surface area contributed by atoms with Gasteiger partial charge in [-0.3, -0.25) is 4.79 Å². The zero-order chi connectivity index (χ0) is 15.1. The van der Waals surface area contributed by atoms with Gasteiger partial charge in [0, 0.05) is 21.1 Å². The van der Waals surface area contributed by atoms with Crippen LogP contribution in [0.4, 0.5) is 0 Å². The van der Waals surface area contributed by atoms with Gasteiger partial charge in [-0.25, -0.2) is 0 Å². The summed E-state index contributed by atoms with van der Waals surface area (Å²) < 4.78 is 3.97. The van der Waals surface area contributed by atoms with Gasteiger partial charge in [-0.1, -0.05) is 41.4 Å². The second-order valence-corrected chi connectivity index (χ2v) is 7.74. The summed E-state index contributed by atoms with van der Waals surface area (Å²) in [5.41, 5.74) is 2.52. The smallest absolute Gasteiger partial charge is 0.184 e. The van der Waals surface area contributed by atoms with Crippen molar-refractivity contribution in [2.75, 3.05) is 0 Å². The van der Waals surface area contributed by atoms with Crippen LogP contribution in [0.3, 0.4) is 0 Å². The van der Waals surface area contributed by atoms with Crippen LogP contribution in [0.15, 0.2) is 34.8 Å². The van der Waals surface area contributed by atoms with E-state index in [1.54, 1.807) is 6.07 Å². The number of ketones is 1. The number of nitrogens with zero attached hydrogens (tertiary/aromatic N) is 1. The fourth-order valence-corrected chi connectivity index (χ4v) is 4.40. The number of rotatable bonds is 3. The standard InChI is InChI=1S/C15H10BrCl2NOS/c1-8-14(16)9-4-2-3-5-11(9)19(8)7-12(20)10-6-13(17)21-15(10)18/h2-6H,7H2,1H3. The summed E-state index contributed by atoms with van der Waals surface area (Å²) in [7, 11) is 0. The van der Waals surface area contributed by atoms with Crippen LogP contribution in [-0.2, 0) is 6.54 Å². The van der Waals surface area contributed by atoms with Gasteiger partial charge >= 0.3 is 0 Å². The zero-order valence-electron chi connectivity index (χ0n) is 11.0. The van der Waals surface area contributed by atoms with Crippen LogP contribution in [0, 0.1) is 6.92 Å². The van der Waals surface area contributed by atoms with Crippen molar-refractivity contribution in [3.63, 3.8) is 0 Å². The fraction of sp³-hybridized carbons (Fsp3) is 0.133. The number of hydrogen-bond donors (Lipinski definition) is 0. The van der Waals surface area contributed by atoms with Crippen molar-refractivity contribution in [1.29, 1.82) is 0 Å². The molecule has 108 valence electrons. The molecule has 0 aliphatic carbocycles. The van der Waals surface area contributed by atoms with Crippen molar-refractivity contribution in [1.82, 2.24) is 4.57 Å². The molecule has 3 aromatic rings. The molecule has 0 unspecified atom stereocenters. The van der Waals surface area contributed by atoms with Gasteiger partial charge in [0.05, 0.1) is 16.4 Å². The molecule has 0 saturated carbocycles. The average Bonchev–Trinajstić information content (AvgIpc) is 2.92. The summed E-state index contributed by atoms with van der Waals surface area (Å²) in [6.07, 6.45) is 0. The maximum atomic E-state index is 12.5. The SMILES string of the molecule is Cc1c(Br)c2ccccc2n1CC(=O)c1cc(Cl)sc1Cl. The Balaban J connectivity index is 2.04. The first kappa shape index (κ1) is 15.1. The number of aromatic nitrogens is 1. The molecule has 0 aliphatic rings. The van der Waals surface area contributed by atoms with E-state index in [1.165, 1.54) is 11.3 Å². The molecule has 2 aromatic heterocycles. The van der Waals surface area contributed by atoms with E-state index in [2.05, 4.69) is 15.9 Å². The maximum Gasteiger partial charge on any atom is 0.184 e. The van der Waals surface area contributed by atoms with Crippen LogP contribution in [0.2, 0.25) is 8.67 Å². The monoisotopic (exact) mass is 401 g/mol. The Labute approximate surface area is 144 Å². The molecule has 21 heavy (non-hydrogen) atoms. The molecule has 3 rings (SSSR count). The third kappa shape index (κ3) is 2.66. The van der Waals surface area contributed by atoms with Gasteiger partial charge in [0.15, 0.2) is 5.78 Å². The van der Waals surface area contributed by atoms with Gasteiger partial charge < -0.3 is 4.57 Å². The minimum Gasteiger partial charge on any atom is -0.336 e. The van der Waals surface area contributed by atoms with E-state index in [1.807, 2.05) is 35.8 Å². The highest BCUT2D eigenvalue weighted by Crippen LogP contribution is 2.33. The molecule has 1 aromatic carbocycles. The van der Waals surface area contributed by atoms with E-state index >= 15 is 0 Å². The number of hydrogen-bond acceptors (Lipinski definition) is 2. The molecule has 0 fully saturated rings. The van der Waals surface area contributed by atoms with Crippen LogP contribution in [0.1, 0.15) is 16.1 Å². The summed E-state index contributed by atoms with van der Waals surface area (Å²) in [4.78, 5) is 12.5. The van der Waals surface area contributed by atoms with E-state index < -0.39 is 0 Å². The van der Waals surface area contributed by atoms with Crippen molar-refractivity contribution in [3.8, 4) is 0 Å².